The lowest BCUT2D eigenvalue weighted by molar-refractivity contribution is 0.0946. The number of carbonyl (C=O) groups excluding carboxylic acids is 1. The number of carbonyl (C=O) groups is 1. The van der Waals surface area contributed by atoms with E-state index in [0.29, 0.717) is 17.0 Å². The van der Waals surface area contributed by atoms with E-state index in [1.807, 2.05) is 20.8 Å². The zero-order valence-electron chi connectivity index (χ0n) is 10.2. The third kappa shape index (κ3) is 3.49. The molecule has 0 aromatic carbocycles. The first-order chi connectivity index (χ1) is 8.10. The second kappa shape index (κ2) is 6.30. The van der Waals surface area contributed by atoms with E-state index in [4.69, 9.17) is 5.26 Å². The van der Waals surface area contributed by atoms with E-state index in [-0.39, 0.29) is 11.8 Å². The van der Waals surface area contributed by atoms with Crippen LogP contribution in [0.4, 0.5) is 0 Å². The highest BCUT2D eigenvalue weighted by molar-refractivity contribution is 7.08. The Morgan fingerprint density at radius 1 is 1.59 bits per heavy atom. The van der Waals surface area contributed by atoms with Crippen LogP contribution in [0.2, 0.25) is 0 Å². The molecule has 1 unspecified atom stereocenters. The smallest absolute Gasteiger partial charge is 0.265 e. The van der Waals surface area contributed by atoms with Crippen LogP contribution >= 0.6 is 11.5 Å². The van der Waals surface area contributed by atoms with E-state index in [0.717, 1.165) is 18.0 Å². The van der Waals surface area contributed by atoms with Crippen LogP contribution in [0, 0.1) is 11.3 Å². The molecule has 0 fully saturated rings. The normalized spacial score (nSPS) is 12.2. The summed E-state index contributed by atoms with van der Waals surface area (Å²) in [5, 5.41) is 15.5. The summed E-state index contributed by atoms with van der Waals surface area (Å²) in [5.74, 6) is -0.0927. The number of aromatic nitrogens is 2. The zero-order valence-corrected chi connectivity index (χ0v) is 11.0. The maximum absolute atomic E-state index is 11.9. The lowest BCUT2D eigenvalue weighted by atomic mass is 10.1. The Hall–Kier alpha value is -1.48. The lowest BCUT2D eigenvalue weighted by Gasteiger charge is -2.10. The summed E-state index contributed by atoms with van der Waals surface area (Å²) < 4.78 is 3.79. The summed E-state index contributed by atoms with van der Waals surface area (Å²) in [6.45, 7) is 5.90. The monoisotopic (exact) mass is 252 g/mol. The van der Waals surface area contributed by atoms with Crippen molar-refractivity contribution in [3.05, 3.63) is 10.6 Å². The van der Waals surface area contributed by atoms with Crippen LogP contribution in [0.3, 0.4) is 0 Å². The van der Waals surface area contributed by atoms with Gasteiger partial charge < -0.3 is 5.32 Å². The quantitative estimate of drug-likeness (QED) is 0.870. The maximum atomic E-state index is 11.9. The first-order valence-corrected chi connectivity index (χ1v) is 6.40. The van der Waals surface area contributed by atoms with E-state index in [1.54, 1.807) is 0 Å². The number of nitriles is 1. The summed E-state index contributed by atoms with van der Waals surface area (Å²) in [6, 6.07) is 1.64. The zero-order chi connectivity index (χ0) is 12.8. The van der Waals surface area contributed by atoms with Crippen molar-refractivity contribution in [3.8, 4) is 6.07 Å². The van der Waals surface area contributed by atoms with Gasteiger partial charge in [0, 0.05) is 0 Å². The maximum Gasteiger partial charge on any atom is 0.265 e. The van der Waals surface area contributed by atoms with Crippen LogP contribution in [0.1, 0.15) is 54.9 Å². The van der Waals surface area contributed by atoms with Gasteiger partial charge in [-0.25, -0.2) is 0 Å². The fourth-order valence-electron chi connectivity index (χ4n) is 1.41. The minimum atomic E-state index is -0.436. The molecule has 1 aromatic rings. The molecule has 17 heavy (non-hydrogen) atoms. The minimum Gasteiger partial charge on any atom is -0.335 e. The number of nitrogens with zero attached hydrogens (tertiary/aromatic N) is 3. The molecular weight excluding hydrogens is 236 g/mol. The first-order valence-electron chi connectivity index (χ1n) is 5.62. The highest BCUT2D eigenvalue weighted by atomic mass is 32.1. The van der Waals surface area contributed by atoms with Crippen LogP contribution in [-0.2, 0) is 0 Å². The van der Waals surface area contributed by atoms with Crippen LogP contribution < -0.4 is 5.32 Å². The lowest BCUT2D eigenvalue weighted by Crippen LogP contribution is -2.33. The van der Waals surface area contributed by atoms with Crippen molar-refractivity contribution < 1.29 is 4.79 Å². The molecule has 0 aliphatic rings. The molecular formula is C11H16N4OS. The fraction of sp³-hybridized carbons (Fsp3) is 0.636. The molecule has 1 amide bonds. The summed E-state index contributed by atoms with van der Waals surface area (Å²) >= 11 is 1.07. The van der Waals surface area contributed by atoms with Crippen molar-refractivity contribution in [1.29, 1.82) is 5.26 Å². The number of rotatable bonds is 5. The molecule has 0 bridgehead atoms. The topological polar surface area (TPSA) is 78.7 Å². The van der Waals surface area contributed by atoms with Crippen LogP contribution in [0.25, 0.3) is 0 Å². The Labute approximate surface area is 105 Å². The summed E-state index contributed by atoms with van der Waals surface area (Å²) in [7, 11) is 0. The molecule has 0 spiro atoms. The average Bonchev–Trinajstić information content (AvgIpc) is 2.77. The molecule has 1 atom stereocenters. The Kier molecular flexibility index (Phi) is 5.04. The van der Waals surface area contributed by atoms with E-state index < -0.39 is 6.04 Å². The van der Waals surface area contributed by atoms with Gasteiger partial charge >= 0.3 is 0 Å². The van der Waals surface area contributed by atoms with Gasteiger partial charge in [-0.2, -0.15) is 5.26 Å². The number of nitrogens with one attached hydrogen (secondary N) is 1. The highest BCUT2D eigenvalue weighted by Gasteiger charge is 2.20. The molecule has 0 saturated heterocycles. The summed E-state index contributed by atoms with van der Waals surface area (Å²) in [4.78, 5) is 12.5. The Bertz CT molecular complexity index is 421. The minimum absolute atomic E-state index is 0.154. The van der Waals surface area contributed by atoms with E-state index in [2.05, 4.69) is 21.0 Å². The highest BCUT2D eigenvalue weighted by Crippen LogP contribution is 2.19. The number of amides is 1. The molecule has 5 nitrogen and oxygen atoms in total. The van der Waals surface area contributed by atoms with Crippen LogP contribution in [-0.4, -0.2) is 21.5 Å². The first kappa shape index (κ1) is 13.6. The van der Waals surface area contributed by atoms with E-state index >= 15 is 0 Å². The van der Waals surface area contributed by atoms with Crippen molar-refractivity contribution in [1.82, 2.24) is 14.9 Å². The van der Waals surface area contributed by atoms with Gasteiger partial charge in [0.2, 0.25) is 0 Å². The molecule has 6 heteroatoms. The van der Waals surface area contributed by atoms with Gasteiger partial charge in [0.25, 0.3) is 5.91 Å². The van der Waals surface area contributed by atoms with Crippen molar-refractivity contribution in [2.75, 3.05) is 0 Å². The molecule has 1 N–H and O–H groups in total. The molecule has 92 valence electrons. The van der Waals surface area contributed by atoms with Gasteiger partial charge in [0.1, 0.15) is 10.9 Å². The summed E-state index contributed by atoms with van der Waals surface area (Å²) in [5.41, 5.74) is 0.695. The van der Waals surface area contributed by atoms with Gasteiger partial charge in [-0.3, -0.25) is 4.79 Å². The van der Waals surface area contributed by atoms with Gasteiger partial charge in [-0.1, -0.05) is 31.7 Å². The largest absolute Gasteiger partial charge is 0.335 e. The molecule has 1 aromatic heterocycles. The van der Waals surface area contributed by atoms with Gasteiger partial charge in [0.05, 0.1) is 11.8 Å². The standard InChI is InChI=1S/C11H16N4OS/c1-4-5-8(6-12)13-11(16)10-9(7(2)3)14-15-17-10/h7-8H,4-5H2,1-3H3,(H,13,16). The second-order valence-electron chi connectivity index (χ2n) is 4.09. The molecule has 1 heterocycles. The van der Waals surface area contributed by atoms with Crippen molar-refractivity contribution in [2.24, 2.45) is 0 Å². The van der Waals surface area contributed by atoms with E-state index in [1.165, 1.54) is 0 Å². The Morgan fingerprint density at radius 2 is 2.29 bits per heavy atom. The third-order valence-corrected chi connectivity index (χ3v) is 3.05. The van der Waals surface area contributed by atoms with Crippen LogP contribution in [0.15, 0.2) is 0 Å². The summed E-state index contributed by atoms with van der Waals surface area (Å²) in [6.07, 6.45) is 1.52. The molecule has 0 radical (unpaired) electrons. The number of hydrogen-bond donors (Lipinski definition) is 1. The van der Waals surface area contributed by atoms with Gasteiger partial charge in [-0.05, 0) is 23.9 Å². The Morgan fingerprint density at radius 3 is 2.82 bits per heavy atom. The van der Waals surface area contributed by atoms with Crippen LogP contribution in [0.5, 0.6) is 0 Å². The van der Waals surface area contributed by atoms with Gasteiger partial charge in [0.15, 0.2) is 0 Å². The average molecular weight is 252 g/mol. The fourth-order valence-corrected chi connectivity index (χ4v) is 2.14. The Balaban J connectivity index is 2.76. The van der Waals surface area contributed by atoms with Crippen molar-refractivity contribution >= 4 is 17.4 Å². The SMILES string of the molecule is CCCC(C#N)NC(=O)c1snnc1C(C)C. The number of hydrogen-bond acceptors (Lipinski definition) is 5. The second-order valence-corrected chi connectivity index (χ2v) is 4.84. The third-order valence-electron chi connectivity index (χ3n) is 2.30. The van der Waals surface area contributed by atoms with Crippen molar-refractivity contribution in [2.45, 2.75) is 45.6 Å². The van der Waals surface area contributed by atoms with Crippen molar-refractivity contribution in [3.63, 3.8) is 0 Å². The molecule has 0 saturated carbocycles. The predicted molar refractivity (Wildman–Crippen MR) is 65.8 cm³/mol. The molecule has 1 rings (SSSR count). The molecule has 0 aliphatic heterocycles. The van der Waals surface area contributed by atoms with E-state index in [9.17, 15) is 4.79 Å². The van der Waals surface area contributed by atoms with Gasteiger partial charge in [-0.15, -0.1) is 5.10 Å². The predicted octanol–water partition coefficient (Wildman–Crippen LogP) is 2.08. The molecule has 0 aliphatic carbocycles.